The van der Waals surface area contributed by atoms with Crippen molar-refractivity contribution in [2.45, 2.75) is 69.6 Å². The van der Waals surface area contributed by atoms with Crippen LogP contribution in [0.2, 0.25) is 0 Å². The molecule has 0 spiro atoms. The Morgan fingerprint density at radius 2 is 1.93 bits per heavy atom. The topological polar surface area (TPSA) is 102 Å². The highest BCUT2D eigenvalue weighted by molar-refractivity contribution is 5.97. The van der Waals surface area contributed by atoms with Gasteiger partial charge in [-0.3, -0.25) is 9.79 Å². The first kappa shape index (κ1) is 21.1. The fourth-order valence-corrected chi connectivity index (χ4v) is 5.29. The Bertz CT molecular complexity index is 798. The second-order valence-electron chi connectivity index (χ2n) is 9.06. The first-order valence-electron chi connectivity index (χ1n) is 11.2. The molecule has 0 amide bonds. The van der Waals surface area contributed by atoms with Gasteiger partial charge in [-0.25, -0.2) is 0 Å². The Morgan fingerprint density at radius 1 is 1.20 bits per heavy atom. The van der Waals surface area contributed by atoms with Crippen molar-refractivity contribution in [1.82, 2.24) is 0 Å². The SMILES string of the molecule is O=C(O)Cc1ccc(NC2=NC3CC(O)C(C=CC(O)C4CCCCC4)C3C2)cc1. The summed E-state index contributed by atoms with van der Waals surface area (Å²) in [4.78, 5) is 15.6. The third-order valence-corrected chi connectivity index (χ3v) is 6.93. The van der Waals surface area contributed by atoms with Gasteiger partial charge in [0.05, 0.1) is 24.7 Å². The van der Waals surface area contributed by atoms with E-state index in [0.717, 1.165) is 36.3 Å². The van der Waals surface area contributed by atoms with Crippen LogP contribution in [0.5, 0.6) is 0 Å². The summed E-state index contributed by atoms with van der Waals surface area (Å²) < 4.78 is 0. The molecule has 4 N–H and O–H groups in total. The van der Waals surface area contributed by atoms with Crippen molar-refractivity contribution in [3.63, 3.8) is 0 Å². The number of aliphatic imine (C=N–C) groups is 1. The predicted molar refractivity (Wildman–Crippen MR) is 117 cm³/mol. The number of hydrogen-bond acceptors (Lipinski definition) is 5. The van der Waals surface area contributed by atoms with Crippen LogP contribution >= 0.6 is 0 Å². The van der Waals surface area contributed by atoms with Crippen molar-refractivity contribution in [2.24, 2.45) is 22.7 Å². The molecule has 0 aromatic heterocycles. The summed E-state index contributed by atoms with van der Waals surface area (Å²) in [5.74, 6) is 0.701. The molecule has 1 aliphatic heterocycles. The maximum Gasteiger partial charge on any atom is 0.307 e. The third kappa shape index (κ3) is 4.93. The van der Waals surface area contributed by atoms with Gasteiger partial charge in [0, 0.05) is 18.0 Å². The number of aliphatic hydroxyl groups excluding tert-OH is 2. The molecular formula is C24H32N2O4. The Balaban J connectivity index is 1.34. The lowest BCUT2D eigenvalue weighted by Gasteiger charge is -2.25. The van der Waals surface area contributed by atoms with Crippen LogP contribution in [0.15, 0.2) is 41.4 Å². The number of carboxylic acid groups (broad SMARTS) is 1. The highest BCUT2D eigenvalue weighted by Crippen LogP contribution is 2.42. The Kier molecular flexibility index (Phi) is 6.54. The van der Waals surface area contributed by atoms with Crippen LogP contribution in [0.4, 0.5) is 5.69 Å². The number of fused-ring (bicyclic) bond motifs is 1. The molecule has 4 rings (SSSR count). The van der Waals surface area contributed by atoms with E-state index in [1.54, 1.807) is 0 Å². The molecule has 0 bridgehead atoms. The van der Waals surface area contributed by atoms with E-state index in [9.17, 15) is 15.0 Å². The fourth-order valence-electron chi connectivity index (χ4n) is 5.29. The van der Waals surface area contributed by atoms with Crippen molar-refractivity contribution in [1.29, 1.82) is 0 Å². The molecule has 162 valence electrons. The van der Waals surface area contributed by atoms with Crippen LogP contribution in [-0.2, 0) is 11.2 Å². The Morgan fingerprint density at radius 3 is 2.63 bits per heavy atom. The second-order valence-corrected chi connectivity index (χ2v) is 9.06. The number of nitrogens with one attached hydrogen (secondary N) is 1. The Labute approximate surface area is 177 Å². The molecular weight excluding hydrogens is 380 g/mol. The van der Waals surface area contributed by atoms with Crippen LogP contribution in [0, 0.1) is 17.8 Å². The summed E-state index contributed by atoms with van der Waals surface area (Å²) in [5.41, 5.74) is 1.66. The van der Waals surface area contributed by atoms with Gasteiger partial charge in [-0.2, -0.15) is 0 Å². The first-order valence-corrected chi connectivity index (χ1v) is 11.2. The normalized spacial score (nSPS) is 30.3. The van der Waals surface area contributed by atoms with Crippen LogP contribution in [0.3, 0.4) is 0 Å². The van der Waals surface area contributed by atoms with Crippen molar-refractivity contribution >= 4 is 17.5 Å². The molecule has 2 saturated carbocycles. The molecule has 0 saturated heterocycles. The zero-order chi connectivity index (χ0) is 21.1. The molecule has 6 nitrogen and oxygen atoms in total. The van der Waals surface area contributed by atoms with Gasteiger partial charge in [-0.05, 0) is 48.8 Å². The number of benzene rings is 1. The van der Waals surface area contributed by atoms with E-state index in [-0.39, 0.29) is 24.3 Å². The van der Waals surface area contributed by atoms with E-state index in [0.29, 0.717) is 12.3 Å². The van der Waals surface area contributed by atoms with Gasteiger partial charge in [0.1, 0.15) is 5.84 Å². The first-order chi connectivity index (χ1) is 14.5. The Hall–Kier alpha value is -2.18. The molecule has 5 unspecified atom stereocenters. The summed E-state index contributed by atoms with van der Waals surface area (Å²) in [6, 6.07) is 7.49. The van der Waals surface area contributed by atoms with Gasteiger partial charge < -0.3 is 20.6 Å². The highest BCUT2D eigenvalue weighted by atomic mass is 16.4. The maximum absolute atomic E-state index is 10.8. The van der Waals surface area contributed by atoms with Crippen LogP contribution in [-0.4, -0.2) is 45.4 Å². The molecule has 3 aliphatic rings. The standard InChI is InChI=1S/C24H32N2O4/c27-21(16-4-2-1-3-5-16)11-10-18-19-13-23(26-20(19)14-22(18)28)25-17-8-6-15(7-9-17)12-24(29)30/h6-11,16,18-22,27-28H,1-5,12-14H2,(H,25,26)(H,29,30). The van der Waals surface area contributed by atoms with Gasteiger partial charge in [-0.15, -0.1) is 0 Å². The van der Waals surface area contributed by atoms with E-state index >= 15 is 0 Å². The number of aliphatic carboxylic acids is 1. The maximum atomic E-state index is 10.8. The molecule has 2 aliphatic carbocycles. The van der Waals surface area contributed by atoms with Crippen molar-refractivity contribution < 1.29 is 20.1 Å². The number of amidine groups is 1. The number of rotatable bonds is 6. The zero-order valence-electron chi connectivity index (χ0n) is 17.3. The number of aliphatic hydroxyl groups is 2. The van der Waals surface area contributed by atoms with Gasteiger partial charge in [-0.1, -0.05) is 43.5 Å². The number of anilines is 1. The lowest BCUT2D eigenvalue weighted by Crippen LogP contribution is -2.23. The smallest absolute Gasteiger partial charge is 0.307 e. The second kappa shape index (κ2) is 9.31. The summed E-state index contributed by atoms with van der Waals surface area (Å²) in [7, 11) is 0. The molecule has 1 aromatic rings. The summed E-state index contributed by atoms with van der Waals surface area (Å²) in [6.07, 6.45) is 10.4. The van der Waals surface area contributed by atoms with E-state index in [1.165, 1.54) is 19.3 Å². The monoisotopic (exact) mass is 412 g/mol. The molecule has 0 radical (unpaired) electrons. The molecule has 30 heavy (non-hydrogen) atoms. The van der Waals surface area contributed by atoms with Gasteiger partial charge in [0.25, 0.3) is 0 Å². The quantitative estimate of drug-likeness (QED) is 0.537. The molecule has 1 heterocycles. The highest BCUT2D eigenvalue weighted by Gasteiger charge is 2.45. The largest absolute Gasteiger partial charge is 0.481 e. The summed E-state index contributed by atoms with van der Waals surface area (Å²) in [5, 5.41) is 33.3. The van der Waals surface area contributed by atoms with Crippen LogP contribution in [0.25, 0.3) is 0 Å². The average Bonchev–Trinajstić information content (AvgIpc) is 3.24. The van der Waals surface area contributed by atoms with E-state index in [2.05, 4.69) is 5.32 Å². The van der Waals surface area contributed by atoms with Crippen molar-refractivity contribution in [2.75, 3.05) is 5.32 Å². The minimum atomic E-state index is -0.838. The summed E-state index contributed by atoms with van der Waals surface area (Å²) >= 11 is 0. The van der Waals surface area contributed by atoms with E-state index < -0.39 is 18.2 Å². The third-order valence-electron chi connectivity index (χ3n) is 6.93. The number of carboxylic acids is 1. The van der Waals surface area contributed by atoms with Gasteiger partial charge >= 0.3 is 5.97 Å². The number of carbonyl (C=O) groups is 1. The van der Waals surface area contributed by atoms with Crippen molar-refractivity contribution in [3.8, 4) is 0 Å². The number of hydrogen-bond donors (Lipinski definition) is 4. The molecule has 6 heteroatoms. The van der Waals surface area contributed by atoms with Crippen LogP contribution in [0.1, 0.15) is 50.5 Å². The molecule has 5 atom stereocenters. The number of nitrogens with zero attached hydrogens (tertiary/aromatic N) is 1. The van der Waals surface area contributed by atoms with E-state index in [4.69, 9.17) is 10.1 Å². The summed E-state index contributed by atoms with van der Waals surface area (Å²) in [6.45, 7) is 0. The average molecular weight is 413 g/mol. The lowest BCUT2D eigenvalue weighted by molar-refractivity contribution is -0.136. The zero-order valence-corrected chi connectivity index (χ0v) is 17.3. The minimum absolute atomic E-state index is 0.0178. The van der Waals surface area contributed by atoms with E-state index in [1.807, 2.05) is 36.4 Å². The molecule has 2 fully saturated rings. The van der Waals surface area contributed by atoms with Gasteiger partial charge in [0.15, 0.2) is 0 Å². The van der Waals surface area contributed by atoms with Crippen molar-refractivity contribution in [3.05, 3.63) is 42.0 Å². The van der Waals surface area contributed by atoms with Crippen LogP contribution < -0.4 is 5.32 Å². The molecule has 1 aromatic carbocycles. The van der Waals surface area contributed by atoms with Gasteiger partial charge in [0.2, 0.25) is 0 Å². The lowest BCUT2D eigenvalue weighted by atomic mass is 9.84. The fraction of sp³-hybridized carbons (Fsp3) is 0.583. The predicted octanol–water partition coefficient (Wildman–Crippen LogP) is 3.39. The minimum Gasteiger partial charge on any atom is -0.481 e.